The molecule has 0 bridgehead atoms. The second kappa shape index (κ2) is 4.76. The maximum absolute atomic E-state index is 11.6. The molecule has 1 saturated heterocycles. The van der Waals surface area contributed by atoms with E-state index in [2.05, 4.69) is 4.90 Å². The van der Waals surface area contributed by atoms with Crippen LogP contribution in [-0.4, -0.2) is 61.0 Å². The van der Waals surface area contributed by atoms with Crippen molar-refractivity contribution in [3.63, 3.8) is 0 Å². The number of amides is 2. The largest absolute Gasteiger partial charge is 0.379 e. The number of morpholine rings is 1. The topological polar surface area (TPSA) is 49.9 Å². The molecular weight excluding hydrogens is 208 g/mol. The summed E-state index contributed by atoms with van der Waals surface area (Å²) in [4.78, 5) is 26.6. The number of hydrogen-bond donors (Lipinski definition) is 0. The second-order valence-electron chi connectivity index (χ2n) is 4.08. The lowest BCUT2D eigenvalue weighted by molar-refractivity contribution is -0.137. The Balaban J connectivity index is 1.82. The molecule has 5 nitrogen and oxygen atoms in total. The molecule has 0 unspecified atom stereocenters. The van der Waals surface area contributed by atoms with E-state index in [0.717, 1.165) is 32.8 Å². The zero-order chi connectivity index (χ0) is 11.5. The van der Waals surface area contributed by atoms with Gasteiger partial charge < -0.3 is 4.74 Å². The molecule has 0 spiro atoms. The van der Waals surface area contributed by atoms with Gasteiger partial charge in [-0.05, 0) is 6.92 Å². The minimum absolute atomic E-state index is 0.154. The summed E-state index contributed by atoms with van der Waals surface area (Å²) in [7, 11) is 0. The smallest absolute Gasteiger partial charge is 0.256 e. The summed E-state index contributed by atoms with van der Waals surface area (Å²) >= 11 is 0. The van der Waals surface area contributed by atoms with Crippen LogP contribution in [0, 0.1) is 0 Å². The van der Waals surface area contributed by atoms with Gasteiger partial charge in [-0.1, -0.05) is 0 Å². The first kappa shape index (κ1) is 11.3. The van der Waals surface area contributed by atoms with Gasteiger partial charge in [0.2, 0.25) is 0 Å². The Hall–Kier alpha value is -1.20. The maximum Gasteiger partial charge on any atom is 0.256 e. The highest BCUT2D eigenvalue weighted by molar-refractivity contribution is 6.15. The second-order valence-corrected chi connectivity index (χ2v) is 4.08. The first-order valence-corrected chi connectivity index (χ1v) is 5.53. The molecule has 88 valence electrons. The number of ether oxygens (including phenoxy) is 1. The molecule has 1 fully saturated rings. The Kier molecular flexibility index (Phi) is 3.36. The Morgan fingerprint density at radius 1 is 1.25 bits per heavy atom. The van der Waals surface area contributed by atoms with E-state index in [0.29, 0.717) is 12.1 Å². The van der Waals surface area contributed by atoms with Crippen LogP contribution in [-0.2, 0) is 14.3 Å². The molecule has 5 heteroatoms. The number of carbonyl (C=O) groups is 2. The molecule has 2 amide bonds. The van der Waals surface area contributed by atoms with Crippen LogP contribution in [0.15, 0.2) is 11.6 Å². The Morgan fingerprint density at radius 2 is 1.94 bits per heavy atom. The highest BCUT2D eigenvalue weighted by atomic mass is 16.5. The van der Waals surface area contributed by atoms with Crippen LogP contribution in [0.1, 0.15) is 6.92 Å². The lowest BCUT2D eigenvalue weighted by Gasteiger charge is -2.28. The standard InChI is InChI=1S/C11H16N2O3/c1-9-8-10(14)13(11(9)15)3-2-12-4-6-16-7-5-12/h8H,2-7H2,1H3. The van der Waals surface area contributed by atoms with Crippen molar-refractivity contribution in [1.82, 2.24) is 9.80 Å². The summed E-state index contributed by atoms with van der Waals surface area (Å²) in [6.45, 7) is 6.12. The van der Waals surface area contributed by atoms with Crippen molar-refractivity contribution in [2.75, 3.05) is 39.4 Å². The van der Waals surface area contributed by atoms with Gasteiger partial charge in [-0.25, -0.2) is 0 Å². The zero-order valence-electron chi connectivity index (χ0n) is 9.44. The minimum atomic E-state index is -0.184. The molecule has 0 radical (unpaired) electrons. The molecule has 16 heavy (non-hydrogen) atoms. The molecule has 0 saturated carbocycles. The van der Waals surface area contributed by atoms with Crippen molar-refractivity contribution < 1.29 is 14.3 Å². The maximum atomic E-state index is 11.6. The molecule has 0 aromatic heterocycles. The third-order valence-corrected chi connectivity index (χ3v) is 2.93. The van der Waals surface area contributed by atoms with E-state index >= 15 is 0 Å². The van der Waals surface area contributed by atoms with E-state index in [9.17, 15) is 9.59 Å². The fraction of sp³-hybridized carbons (Fsp3) is 0.636. The van der Waals surface area contributed by atoms with Crippen LogP contribution < -0.4 is 0 Å². The van der Waals surface area contributed by atoms with Crippen LogP contribution >= 0.6 is 0 Å². The van der Waals surface area contributed by atoms with Crippen molar-refractivity contribution in [2.24, 2.45) is 0 Å². The van der Waals surface area contributed by atoms with Gasteiger partial charge in [-0.2, -0.15) is 0 Å². The number of rotatable bonds is 3. The van der Waals surface area contributed by atoms with E-state index in [1.807, 2.05) is 0 Å². The molecule has 0 atom stereocenters. The first-order chi connectivity index (χ1) is 7.68. The fourth-order valence-electron chi connectivity index (χ4n) is 1.92. The summed E-state index contributed by atoms with van der Waals surface area (Å²) in [5, 5.41) is 0. The van der Waals surface area contributed by atoms with E-state index in [4.69, 9.17) is 4.74 Å². The van der Waals surface area contributed by atoms with Crippen LogP contribution in [0.25, 0.3) is 0 Å². The van der Waals surface area contributed by atoms with Gasteiger partial charge in [0.1, 0.15) is 0 Å². The van der Waals surface area contributed by atoms with Gasteiger partial charge in [0.15, 0.2) is 0 Å². The number of hydrogen-bond acceptors (Lipinski definition) is 4. The minimum Gasteiger partial charge on any atom is -0.379 e. The summed E-state index contributed by atoms with van der Waals surface area (Å²) in [6.07, 6.45) is 1.40. The highest BCUT2D eigenvalue weighted by Crippen LogP contribution is 2.11. The lowest BCUT2D eigenvalue weighted by Crippen LogP contribution is -2.43. The number of nitrogens with zero attached hydrogens (tertiary/aromatic N) is 2. The first-order valence-electron chi connectivity index (χ1n) is 5.53. The average Bonchev–Trinajstić information content (AvgIpc) is 2.53. The molecule has 0 aliphatic carbocycles. The SMILES string of the molecule is CC1=CC(=O)N(CCN2CCOCC2)C1=O. The quantitative estimate of drug-likeness (QED) is 0.614. The predicted molar refractivity (Wildman–Crippen MR) is 57.7 cm³/mol. The number of carbonyl (C=O) groups excluding carboxylic acids is 2. The molecule has 0 N–H and O–H groups in total. The monoisotopic (exact) mass is 224 g/mol. The van der Waals surface area contributed by atoms with Crippen LogP contribution in [0.5, 0.6) is 0 Å². The zero-order valence-corrected chi connectivity index (χ0v) is 9.44. The van der Waals surface area contributed by atoms with Crippen LogP contribution in [0.2, 0.25) is 0 Å². The van der Waals surface area contributed by atoms with Crippen molar-refractivity contribution in [3.05, 3.63) is 11.6 Å². The third-order valence-electron chi connectivity index (χ3n) is 2.93. The molecule has 2 aliphatic heterocycles. The molecule has 2 rings (SSSR count). The summed E-state index contributed by atoms with van der Waals surface area (Å²) < 4.78 is 5.23. The normalized spacial score (nSPS) is 22.8. The molecule has 0 aromatic carbocycles. The van der Waals surface area contributed by atoms with Gasteiger partial charge in [-0.3, -0.25) is 19.4 Å². The lowest BCUT2D eigenvalue weighted by atomic mass is 10.3. The molecular formula is C11H16N2O3. The van der Waals surface area contributed by atoms with Gasteiger partial charge in [-0.15, -0.1) is 0 Å². The Morgan fingerprint density at radius 3 is 2.50 bits per heavy atom. The van der Waals surface area contributed by atoms with Gasteiger partial charge in [0.05, 0.1) is 13.2 Å². The number of imide groups is 1. The Bertz CT molecular complexity index is 332. The highest BCUT2D eigenvalue weighted by Gasteiger charge is 2.28. The van der Waals surface area contributed by atoms with E-state index < -0.39 is 0 Å². The van der Waals surface area contributed by atoms with E-state index in [-0.39, 0.29) is 11.8 Å². The summed E-state index contributed by atoms with van der Waals surface area (Å²) in [5.41, 5.74) is 0.534. The molecule has 0 aromatic rings. The summed E-state index contributed by atoms with van der Waals surface area (Å²) in [6, 6.07) is 0. The van der Waals surface area contributed by atoms with Crippen LogP contribution in [0.4, 0.5) is 0 Å². The van der Waals surface area contributed by atoms with Crippen LogP contribution in [0.3, 0.4) is 0 Å². The van der Waals surface area contributed by atoms with Gasteiger partial charge in [0.25, 0.3) is 11.8 Å². The van der Waals surface area contributed by atoms with Gasteiger partial charge >= 0.3 is 0 Å². The third kappa shape index (κ3) is 2.31. The predicted octanol–water partition coefficient (Wildman–Crippen LogP) is -0.366. The van der Waals surface area contributed by atoms with Crippen molar-refractivity contribution in [3.8, 4) is 0 Å². The average molecular weight is 224 g/mol. The van der Waals surface area contributed by atoms with E-state index in [1.165, 1.54) is 11.0 Å². The Labute approximate surface area is 94.6 Å². The summed E-state index contributed by atoms with van der Waals surface area (Å²) in [5.74, 6) is -0.339. The van der Waals surface area contributed by atoms with Crippen molar-refractivity contribution in [1.29, 1.82) is 0 Å². The molecule has 2 aliphatic rings. The van der Waals surface area contributed by atoms with Crippen molar-refractivity contribution in [2.45, 2.75) is 6.92 Å². The van der Waals surface area contributed by atoms with Gasteiger partial charge in [0, 0.05) is 37.8 Å². The van der Waals surface area contributed by atoms with Crippen molar-refractivity contribution >= 4 is 11.8 Å². The van der Waals surface area contributed by atoms with E-state index in [1.54, 1.807) is 6.92 Å². The fourth-order valence-corrected chi connectivity index (χ4v) is 1.92. The molecule has 2 heterocycles.